The lowest BCUT2D eigenvalue weighted by Crippen LogP contribution is -2.33. The number of allylic oxidation sites excluding steroid dienone is 4. The van der Waals surface area contributed by atoms with Crippen molar-refractivity contribution in [3.8, 4) is 56.0 Å². The summed E-state index contributed by atoms with van der Waals surface area (Å²) in [6.07, 6.45) is 13.5. The Kier molecular flexibility index (Phi) is 7.73. The van der Waals surface area contributed by atoms with E-state index in [0.717, 1.165) is 11.4 Å². The van der Waals surface area contributed by atoms with Gasteiger partial charge in [-0.2, -0.15) is 0 Å². The van der Waals surface area contributed by atoms with E-state index in [1.165, 1.54) is 99.6 Å². The van der Waals surface area contributed by atoms with Crippen molar-refractivity contribution >= 4 is 32.7 Å². The predicted octanol–water partition coefficient (Wildman–Crippen LogP) is 15.3. The molecule has 8 aromatic carbocycles. The summed E-state index contributed by atoms with van der Waals surface area (Å²) in [4.78, 5) is 4.81. The topological polar surface area (TPSA) is 22.8 Å². The summed E-state index contributed by atoms with van der Waals surface area (Å²) in [6, 6.07) is 73.8. The Morgan fingerprint density at radius 2 is 1.05 bits per heavy atom. The first-order valence-electron chi connectivity index (χ1n) is 22.7. The van der Waals surface area contributed by atoms with Gasteiger partial charge < -0.3 is 9.13 Å². The highest BCUT2D eigenvalue weighted by Gasteiger charge is 2.58. The van der Waals surface area contributed by atoms with Crippen LogP contribution < -0.4 is 0 Å². The maximum absolute atomic E-state index is 4.81. The van der Waals surface area contributed by atoms with Crippen LogP contribution >= 0.6 is 0 Å². The Labute approximate surface area is 377 Å². The van der Waals surface area contributed by atoms with E-state index in [-0.39, 0.29) is 17.3 Å². The van der Waals surface area contributed by atoms with E-state index < -0.39 is 0 Å². The normalized spacial score (nSPS) is 17.8. The van der Waals surface area contributed by atoms with Gasteiger partial charge in [0, 0.05) is 57.3 Å². The lowest BCUT2D eigenvalue weighted by molar-refractivity contribution is 0.468. The molecule has 3 atom stereocenters. The molecular weight excluding hydrogens is 787 g/mol. The van der Waals surface area contributed by atoms with Gasteiger partial charge in [-0.05, 0) is 104 Å². The van der Waals surface area contributed by atoms with Gasteiger partial charge in [-0.25, -0.2) is 0 Å². The van der Waals surface area contributed by atoms with Crippen LogP contribution in [0, 0.1) is 5.92 Å². The van der Waals surface area contributed by atoms with Crippen LogP contribution in [-0.2, 0) is 5.41 Å². The number of nitrogens with zero attached hydrogens (tertiary/aromatic N) is 3. The molecule has 3 heteroatoms. The van der Waals surface area contributed by atoms with E-state index in [1.807, 2.05) is 6.20 Å². The highest BCUT2D eigenvalue weighted by Crippen LogP contribution is 2.66. The number of fused-ring (bicyclic) bond motifs is 15. The molecule has 3 aromatic heterocycles. The summed E-state index contributed by atoms with van der Waals surface area (Å²) in [6.45, 7) is 0. The summed E-state index contributed by atoms with van der Waals surface area (Å²) < 4.78 is 4.91. The zero-order valence-corrected chi connectivity index (χ0v) is 35.5. The standard InChI is InChI=1S/C62H41N3/c1-3-15-42(16-4-1)58-50-21-9-14-26-56(50)65(61(58)43-17-5-2-6-18-43)45-33-29-41(30-34-45)40-27-31-44(32-28-40)64-55-25-13-10-22-51(55)59-57(64)36-35-49-47-20-8-12-24-53(47)62(60(49)59)52-23-11-7-19-46(52)48-37-38-63-39-54(48)62/h1-39,46,52H. The summed E-state index contributed by atoms with van der Waals surface area (Å²) in [5, 5.41) is 3.85. The second-order valence-corrected chi connectivity index (χ2v) is 17.8. The molecular formula is C62H41N3. The number of rotatable bonds is 5. The number of hydrogen-bond acceptors (Lipinski definition) is 1. The summed E-state index contributed by atoms with van der Waals surface area (Å²) in [7, 11) is 0. The molecule has 0 N–H and O–H groups in total. The first-order chi connectivity index (χ1) is 32.3. The van der Waals surface area contributed by atoms with Gasteiger partial charge in [0.15, 0.2) is 0 Å². The molecule has 0 amide bonds. The van der Waals surface area contributed by atoms with Gasteiger partial charge in [0.1, 0.15) is 0 Å². The number of pyridine rings is 1. The number of para-hydroxylation sites is 2. The summed E-state index contributed by atoms with van der Waals surface area (Å²) in [5.74, 6) is 0.516. The van der Waals surface area contributed by atoms with Crippen molar-refractivity contribution in [3.63, 3.8) is 0 Å². The Balaban J connectivity index is 0.904. The van der Waals surface area contributed by atoms with Gasteiger partial charge >= 0.3 is 0 Å². The molecule has 0 saturated heterocycles. The van der Waals surface area contributed by atoms with Crippen molar-refractivity contribution in [2.24, 2.45) is 5.92 Å². The second-order valence-electron chi connectivity index (χ2n) is 17.8. The summed E-state index contributed by atoms with van der Waals surface area (Å²) in [5.41, 5.74) is 20.9. The highest BCUT2D eigenvalue weighted by atomic mass is 15.0. The minimum Gasteiger partial charge on any atom is -0.309 e. The molecule has 0 radical (unpaired) electrons. The van der Waals surface area contributed by atoms with Crippen LogP contribution in [0.15, 0.2) is 237 Å². The summed E-state index contributed by atoms with van der Waals surface area (Å²) >= 11 is 0. The first-order valence-corrected chi connectivity index (χ1v) is 22.7. The fourth-order valence-corrected chi connectivity index (χ4v) is 12.2. The zero-order valence-electron chi connectivity index (χ0n) is 35.5. The van der Waals surface area contributed by atoms with Gasteiger partial charge in [0.05, 0.1) is 27.7 Å². The Hall–Kier alpha value is -8.27. The van der Waals surface area contributed by atoms with Gasteiger partial charge in [-0.3, -0.25) is 4.98 Å². The SMILES string of the molecule is C1=CC2c3ccncc3C3(c4ccccc4-c4ccc5c(c43)c3ccccc3n5-c3ccc(-c4ccc(-n5c(-c6ccccc6)c(-c6ccccc6)c6ccccc65)cc4)cc3)C2C=C1. The number of hydrogen-bond donors (Lipinski definition) is 0. The van der Waals surface area contributed by atoms with E-state index in [4.69, 9.17) is 4.98 Å². The van der Waals surface area contributed by atoms with Crippen molar-refractivity contribution in [2.75, 3.05) is 0 Å². The fraction of sp³-hybridized carbons (Fsp3) is 0.0484. The molecule has 0 fully saturated rings. The Morgan fingerprint density at radius 3 is 1.80 bits per heavy atom. The lowest BCUT2D eigenvalue weighted by atomic mass is 9.65. The highest BCUT2D eigenvalue weighted by molar-refractivity contribution is 6.15. The molecule has 3 nitrogen and oxygen atoms in total. The van der Waals surface area contributed by atoms with Gasteiger partial charge in [0.25, 0.3) is 0 Å². The molecule has 1 spiro atoms. The smallest absolute Gasteiger partial charge is 0.0619 e. The second kappa shape index (κ2) is 13.9. The third-order valence-corrected chi connectivity index (χ3v) is 14.7. The van der Waals surface area contributed by atoms with E-state index in [0.29, 0.717) is 0 Å². The third-order valence-electron chi connectivity index (χ3n) is 14.7. The van der Waals surface area contributed by atoms with Crippen molar-refractivity contribution in [3.05, 3.63) is 259 Å². The quantitative estimate of drug-likeness (QED) is 0.169. The Bertz CT molecular complexity index is 3760. The van der Waals surface area contributed by atoms with Crippen molar-refractivity contribution in [2.45, 2.75) is 11.3 Å². The minimum atomic E-state index is -0.371. The van der Waals surface area contributed by atoms with Crippen LogP contribution in [0.1, 0.15) is 28.2 Å². The fourth-order valence-electron chi connectivity index (χ4n) is 12.2. The molecule has 3 aliphatic rings. The minimum absolute atomic E-state index is 0.236. The van der Waals surface area contributed by atoms with Gasteiger partial charge in [-0.15, -0.1) is 0 Å². The van der Waals surface area contributed by atoms with E-state index in [9.17, 15) is 0 Å². The molecule has 304 valence electrons. The van der Waals surface area contributed by atoms with Crippen molar-refractivity contribution in [1.82, 2.24) is 14.1 Å². The van der Waals surface area contributed by atoms with Crippen LogP contribution in [0.3, 0.4) is 0 Å². The molecule has 0 aliphatic heterocycles. The molecule has 11 aromatic rings. The predicted molar refractivity (Wildman–Crippen MR) is 268 cm³/mol. The molecule has 3 unspecified atom stereocenters. The van der Waals surface area contributed by atoms with E-state index in [2.05, 4.69) is 240 Å². The molecule has 3 aliphatic carbocycles. The Morgan fingerprint density at radius 1 is 0.431 bits per heavy atom. The molecule has 0 bridgehead atoms. The maximum Gasteiger partial charge on any atom is 0.0619 e. The van der Waals surface area contributed by atoms with E-state index >= 15 is 0 Å². The molecule has 14 rings (SSSR count). The third kappa shape index (κ3) is 4.98. The maximum atomic E-state index is 4.81. The van der Waals surface area contributed by atoms with E-state index in [1.54, 1.807) is 0 Å². The molecule has 3 heterocycles. The van der Waals surface area contributed by atoms with Crippen LogP contribution in [0.25, 0.3) is 88.7 Å². The first kappa shape index (κ1) is 36.2. The molecule has 65 heavy (non-hydrogen) atoms. The average molecular weight is 828 g/mol. The van der Waals surface area contributed by atoms with Gasteiger partial charge in [0.2, 0.25) is 0 Å². The van der Waals surface area contributed by atoms with Crippen molar-refractivity contribution in [1.29, 1.82) is 0 Å². The number of benzene rings is 8. The van der Waals surface area contributed by atoms with Gasteiger partial charge in [-0.1, -0.05) is 176 Å². The van der Waals surface area contributed by atoms with Crippen LogP contribution in [0.2, 0.25) is 0 Å². The average Bonchev–Trinajstić information content (AvgIpc) is 4.09. The number of aromatic nitrogens is 3. The van der Waals surface area contributed by atoms with Crippen molar-refractivity contribution < 1.29 is 0 Å². The largest absolute Gasteiger partial charge is 0.309 e. The lowest BCUT2D eigenvalue weighted by Gasteiger charge is -2.36. The van der Waals surface area contributed by atoms with Crippen LogP contribution in [0.5, 0.6) is 0 Å². The monoisotopic (exact) mass is 827 g/mol. The van der Waals surface area contributed by atoms with Crippen LogP contribution in [0.4, 0.5) is 0 Å². The van der Waals surface area contributed by atoms with Crippen LogP contribution in [-0.4, -0.2) is 14.1 Å². The zero-order chi connectivity index (χ0) is 42.6. The molecule has 0 saturated carbocycles.